The van der Waals surface area contributed by atoms with E-state index in [-0.39, 0.29) is 6.04 Å². The first-order valence-corrected chi connectivity index (χ1v) is 14.8. The van der Waals surface area contributed by atoms with Gasteiger partial charge in [-0.3, -0.25) is 0 Å². The molecule has 0 spiro atoms. The van der Waals surface area contributed by atoms with E-state index >= 15 is 0 Å². The molecule has 0 aliphatic rings. The van der Waals surface area contributed by atoms with Gasteiger partial charge in [0.1, 0.15) is 0 Å². The average molecular weight is 513 g/mol. The second-order valence-electron chi connectivity index (χ2n) is 9.36. The van der Waals surface area contributed by atoms with Crippen LogP contribution >= 0.6 is 6.89 Å². The van der Waals surface area contributed by atoms with Crippen molar-refractivity contribution in [1.29, 1.82) is 0 Å². The molecule has 5 rings (SSSR count). The lowest BCUT2D eigenvalue weighted by atomic mass is 10.0. The zero-order chi connectivity index (χ0) is 26.2. The van der Waals surface area contributed by atoms with Crippen molar-refractivity contribution >= 4 is 33.8 Å². The zero-order valence-corrected chi connectivity index (χ0v) is 22.8. The monoisotopic (exact) mass is 512 g/mol. The van der Waals surface area contributed by atoms with Crippen molar-refractivity contribution in [3.8, 4) is 0 Å². The predicted octanol–water partition coefficient (Wildman–Crippen LogP) is 6.60. The van der Waals surface area contributed by atoms with E-state index in [0.717, 1.165) is 16.8 Å². The highest BCUT2D eigenvalue weighted by Gasteiger charge is 2.29. The van der Waals surface area contributed by atoms with Crippen molar-refractivity contribution < 1.29 is 0 Å². The van der Waals surface area contributed by atoms with Gasteiger partial charge in [0.2, 0.25) is 0 Å². The van der Waals surface area contributed by atoms with Crippen LogP contribution in [0.25, 0.3) is 0 Å². The van der Waals surface area contributed by atoms with E-state index in [1.807, 2.05) is 12.1 Å². The number of hydrogen-bond acceptors (Lipinski definition) is 2. The van der Waals surface area contributed by atoms with Crippen molar-refractivity contribution in [3.63, 3.8) is 0 Å². The van der Waals surface area contributed by atoms with Gasteiger partial charge in [0.25, 0.3) is 0 Å². The van der Waals surface area contributed by atoms with Crippen LogP contribution in [0.3, 0.4) is 0 Å². The zero-order valence-electron chi connectivity index (χ0n) is 21.9. The van der Waals surface area contributed by atoms with E-state index in [2.05, 4.69) is 159 Å². The maximum absolute atomic E-state index is 5.04. The molecular formula is C35H33N2P. The highest BCUT2D eigenvalue weighted by molar-refractivity contribution is 7.95. The van der Waals surface area contributed by atoms with Gasteiger partial charge in [0.05, 0.1) is 11.8 Å². The summed E-state index contributed by atoms with van der Waals surface area (Å²) >= 11 is 0. The van der Waals surface area contributed by atoms with Crippen LogP contribution in [0.15, 0.2) is 157 Å². The molecule has 0 fully saturated rings. The molecule has 0 unspecified atom stereocenters. The van der Waals surface area contributed by atoms with Crippen LogP contribution in [0.4, 0.5) is 0 Å². The van der Waals surface area contributed by atoms with Gasteiger partial charge < -0.3 is 5.43 Å². The fraction of sp³-hybridized carbons (Fsp3) is 0.0857. The lowest BCUT2D eigenvalue weighted by Crippen LogP contribution is -2.38. The second kappa shape index (κ2) is 11.9. The summed E-state index contributed by atoms with van der Waals surface area (Å²) in [4.78, 5) is 0. The minimum Gasteiger partial charge on any atom is -0.303 e. The van der Waals surface area contributed by atoms with Crippen molar-refractivity contribution in [1.82, 2.24) is 5.43 Å². The summed E-state index contributed by atoms with van der Waals surface area (Å²) in [5.74, 6) is 0. The standard InChI is InChI=1S/C35H33N2P/c1-28(36-37-35(30-18-8-3-9-19-30)31-20-10-4-11-21-31)29(2)38(32-22-12-5-13-23-32,33-24-14-6-15-25-33)34-26-16-7-17-27-34/h3-28,36H,1-2H3/t28-/m1/s1. The molecule has 3 heteroatoms. The Morgan fingerprint density at radius 2 is 0.842 bits per heavy atom. The highest BCUT2D eigenvalue weighted by Crippen LogP contribution is 2.46. The molecule has 5 aromatic rings. The van der Waals surface area contributed by atoms with E-state index in [9.17, 15) is 0 Å². The molecule has 1 atom stereocenters. The summed E-state index contributed by atoms with van der Waals surface area (Å²) < 4.78 is 0. The highest BCUT2D eigenvalue weighted by atomic mass is 31.2. The molecule has 0 aliphatic carbocycles. The van der Waals surface area contributed by atoms with Gasteiger partial charge in [-0.2, -0.15) is 5.10 Å². The predicted molar refractivity (Wildman–Crippen MR) is 167 cm³/mol. The first-order chi connectivity index (χ1) is 18.7. The summed E-state index contributed by atoms with van der Waals surface area (Å²) in [7, 11) is 0. The summed E-state index contributed by atoms with van der Waals surface area (Å²) in [6, 6.07) is 53.7. The molecule has 2 nitrogen and oxygen atoms in total. The minimum atomic E-state index is -2.12. The smallest absolute Gasteiger partial charge is 0.0973 e. The van der Waals surface area contributed by atoms with Crippen molar-refractivity contribution in [2.75, 3.05) is 0 Å². The SMILES string of the molecule is CC([C@@H](C)NN=C(c1ccccc1)c1ccccc1)=P(c1ccccc1)(c1ccccc1)c1ccccc1. The third-order valence-corrected chi connectivity index (χ3v) is 11.7. The molecule has 0 radical (unpaired) electrons. The minimum absolute atomic E-state index is 0.0198. The first kappa shape index (κ1) is 25.5. The Balaban J connectivity index is 1.70. The lowest BCUT2D eigenvalue weighted by Gasteiger charge is -2.34. The Kier molecular flexibility index (Phi) is 8.02. The molecule has 0 aliphatic heterocycles. The number of rotatable bonds is 8. The van der Waals surface area contributed by atoms with Gasteiger partial charge in [0.15, 0.2) is 0 Å². The van der Waals surface area contributed by atoms with Gasteiger partial charge in [-0.1, -0.05) is 152 Å². The second-order valence-corrected chi connectivity index (χ2v) is 13.0. The maximum atomic E-state index is 5.04. The van der Waals surface area contributed by atoms with Crippen LogP contribution in [-0.4, -0.2) is 17.0 Å². The molecule has 5 aromatic carbocycles. The van der Waals surface area contributed by atoms with E-state index in [1.54, 1.807) is 0 Å². The molecule has 0 bridgehead atoms. The topological polar surface area (TPSA) is 24.4 Å². The Morgan fingerprint density at radius 3 is 1.18 bits per heavy atom. The molecule has 0 heterocycles. The van der Waals surface area contributed by atoms with Gasteiger partial charge in [-0.15, -0.1) is 0 Å². The molecule has 1 N–H and O–H groups in total. The number of hydrogen-bond donors (Lipinski definition) is 1. The van der Waals surface area contributed by atoms with E-state index < -0.39 is 6.89 Å². The molecular weight excluding hydrogens is 479 g/mol. The van der Waals surface area contributed by atoms with Crippen LogP contribution in [0.1, 0.15) is 25.0 Å². The van der Waals surface area contributed by atoms with Crippen LogP contribution in [0.5, 0.6) is 0 Å². The summed E-state index contributed by atoms with van der Waals surface area (Å²) in [6.45, 7) is 2.42. The van der Waals surface area contributed by atoms with Gasteiger partial charge >= 0.3 is 0 Å². The third-order valence-electron chi connectivity index (χ3n) is 7.05. The Hall–Kier alpha value is -4.13. The first-order valence-electron chi connectivity index (χ1n) is 13.0. The Bertz CT molecular complexity index is 1380. The fourth-order valence-corrected chi connectivity index (χ4v) is 9.66. The lowest BCUT2D eigenvalue weighted by molar-refractivity contribution is 0.705. The fourth-order valence-electron chi connectivity index (χ4n) is 5.05. The molecule has 0 amide bonds. The molecule has 188 valence electrons. The number of nitrogens with one attached hydrogen (secondary N) is 1. The van der Waals surface area contributed by atoms with Gasteiger partial charge in [-0.25, -0.2) is 0 Å². The van der Waals surface area contributed by atoms with Crippen LogP contribution < -0.4 is 21.3 Å². The van der Waals surface area contributed by atoms with Gasteiger partial charge in [0, 0.05) is 11.1 Å². The van der Waals surface area contributed by atoms with E-state index in [1.165, 1.54) is 21.2 Å². The molecule has 0 saturated carbocycles. The molecule has 0 saturated heterocycles. The molecule has 38 heavy (non-hydrogen) atoms. The van der Waals surface area contributed by atoms with Crippen molar-refractivity contribution in [2.24, 2.45) is 5.10 Å². The van der Waals surface area contributed by atoms with Crippen LogP contribution in [0.2, 0.25) is 0 Å². The van der Waals surface area contributed by atoms with Crippen LogP contribution in [0, 0.1) is 0 Å². The number of benzene rings is 5. The largest absolute Gasteiger partial charge is 0.303 e. The van der Waals surface area contributed by atoms with Crippen LogP contribution in [-0.2, 0) is 0 Å². The van der Waals surface area contributed by atoms with E-state index in [4.69, 9.17) is 5.10 Å². The summed E-state index contributed by atoms with van der Waals surface area (Å²) in [5, 5.41) is 10.5. The van der Waals surface area contributed by atoms with Gasteiger partial charge in [-0.05, 0) is 41.9 Å². The average Bonchev–Trinajstić information content (AvgIpc) is 3.00. The van der Waals surface area contributed by atoms with Crippen molar-refractivity contribution in [2.45, 2.75) is 19.9 Å². The summed E-state index contributed by atoms with van der Waals surface area (Å²) in [6.07, 6.45) is 0. The summed E-state index contributed by atoms with van der Waals surface area (Å²) in [5.41, 5.74) is 6.69. The third kappa shape index (κ3) is 5.14. The molecule has 0 aromatic heterocycles. The Morgan fingerprint density at radius 1 is 0.526 bits per heavy atom. The number of nitrogens with zero attached hydrogens (tertiary/aromatic N) is 1. The quantitative estimate of drug-likeness (QED) is 0.141. The van der Waals surface area contributed by atoms with Crippen molar-refractivity contribution in [3.05, 3.63) is 163 Å². The maximum Gasteiger partial charge on any atom is 0.0973 e. The van der Waals surface area contributed by atoms with E-state index in [0.29, 0.717) is 0 Å². The normalized spacial score (nSPS) is 11.8. The Labute approximate surface area is 226 Å². The number of hydrazone groups is 1.